The molecule has 4 atom stereocenters. The topological polar surface area (TPSA) is 41.1 Å². The Bertz CT molecular complexity index is 654. The van der Waals surface area contributed by atoms with E-state index < -0.39 is 0 Å². The van der Waals surface area contributed by atoms with Crippen LogP contribution in [-0.2, 0) is 4.79 Å². The van der Waals surface area contributed by atoms with E-state index in [1.165, 1.54) is 11.1 Å². The van der Waals surface area contributed by atoms with Crippen LogP contribution >= 0.6 is 0 Å². The zero-order valence-electron chi connectivity index (χ0n) is 15.2. The predicted octanol–water partition coefficient (Wildman–Crippen LogP) is 4.32. The monoisotopic (exact) mass is 348 g/mol. The van der Waals surface area contributed by atoms with Crippen molar-refractivity contribution in [3.8, 4) is 0 Å². The summed E-state index contributed by atoms with van der Waals surface area (Å²) in [6.07, 6.45) is 6.35. The van der Waals surface area contributed by atoms with Crippen molar-refractivity contribution >= 4 is 5.78 Å². The van der Waals surface area contributed by atoms with Gasteiger partial charge < -0.3 is 10.6 Å². The van der Waals surface area contributed by atoms with Crippen LogP contribution in [0.2, 0.25) is 0 Å². The van der Waals surface area contributed by atoms with E-state index in [9.17, 15) is 4.79 Å². The highest BCUT2D eigenvalue weighted by atomic mass is 16.1. The Hall–Kier alpha value is -1.97. The number of hydrogen-bond acceptors (Lipinski definition) is 3. The van der Waals surface area contributed by atoms with Crippen LogP contribution in [0.15, 0.2) is 60.7 Å². The molecule has 2 heterocycles. The summed E-state index contributed by atoms with van der Waals surface area (Å²) in [4.78, 5) is 13.2. The third-order valence-corrected chi connectivity index (χ3v) is 5.87. The van der Waals surface area contributed by atoms with E-state index in [2.05, 4.69) is 59.2 Å². The van der Waals surface area contributed by atoms with Crippen LogP contribution in [0.3, 0.4) is 0 Å². The van der Waals surface area contributed by atoms with E-state index >= 15 is 0 Å². The highest BCUT2D eigenvalue weighted by Crippen LogP contribution is 2.29. The lowest BCUT2D eigenvalue weighted by atomic mass is 9.86. The summed E-state index contributed by atoms with van der Waals surface area (Å²) in [6.45, 7) is 0. The molecule has 2 N–H and O–H groups in total. The summed E-state index contributed by atoms with van der Waals surface area (Å²) >= 11 is 0. The lowest BCUT2D eigenvalue weighted by molar-refractivity contribution is -0.124. The van der Waals surface area contributed by atoms with Crippen LogP contribution in [0, 0.1) is 0 Å². The number of hydrogen-bond donors (Lipinski definition) is 2. The SMILES string of the molecule is O=C(C1CCCC(c2ccccc2)N1)C1CCCC(c2ccccc2)N1. The van der Waals surface area contributed by atoms with Crippen molar-refractivity contribution < 1.29 is 4.79 Å². The van der Waals surface area contributed by atoms with Gasteiger partial charge in [-0.05, 0) is 49.7 Å². The fourth-order valence-corrected chi connectivity index (χ4v) is 4.46. The van der Waals surface area contributed by atoms with Crippen LogP contribution in [0.4, 0.5) is 0 Å². The molecule has 136 valence electrons. The number of ketones is 1. The van der Waals surface area contributed by atoms with Gasteiger partial charge >= 0.3 is 0 Å². The number of benzene rings is 2. The molecule has 0 aromatic heterocycles. The minimum absolute atomic E-state index is 0.0269. The van der Waals surface area contributed by atoms with Gasteiger partial charge in [-0.15, -0.1) is 0 Å². The van der Waals surface area contributed by atoms with Crippen molar-refractivity contribution in [3.05, 3.63) is 71.8 Å². The first kappa shape index (κ1) is 17.4. The summed E-state index contributed by atoms with van der Waals surface area (Å²) in [5, 5.41) is 7.26. The van der Waals surface area contributed by atoms with Gasteiger partial charge in [0.2, 0.25) is 0 Å². The second kappa shape index (κ2) is 8.15. The van der Waals surface area contributed by atoms with Gasteiger partial charge in [-0.25, -0.2) is 0 Å². The molecule has 0 bridgehead atoms. The molecule has 2 aromatic rings. The maximum atomic E-state index is 13.2. The van der Waals surface area contributed by atoms with Crippen molar-refractivity contribution in [1.29, 1.82) is 0 Å². The number of carbonyl (C=O) groups excluding carboxylic acids is 1. The van der Waals surface area contributed by atoms with Crippen molar-refractivity contribution in [2.24, 2.45) is 0 Å². The van der Waals surface area contributed by atoms with Gasteiger partial charge in [0.1, 0.15) is 0 Å². The molecule has 0 aliphatic carbocycles. The minimum Gasteiger partial charge on any atom is -0.300 e. The summed E-state index contributed by atoms with van der Waals surface area (Å²) in [6, 6.07) is 21.6. The van der Waals surface area contributed by atoms with E-state index in [1.807, 2.05) is 12.1 Å². The van der Waals surface area contributed by atoms with Gasteiger partial charge in [-0.2, -0.15) is 0 Å². The van der Waals surface area contributed by atoms with Crippen molar-refractivity contribution in [1.82, 2.24) is 10.6 Å². The minimum atomic E-state index is -0.0269. The maximum absolute atomic E-state index is 13.2. The van der Waals surface area contributed by atoms with Gasteiger partial charge in [-0.1, -0.05) is 60.7 Å². The molecule has 3 nitrogen and oxygen atoms in total. The first-order valence-electron chi connectivity index (χ1n) is 9.97. The summed E-state index contributed by atoms with van der Waals surface area (Å²) in [5.41, 5.74) is 2.59. The maximum Gasteiger partial charge on any atom is 0.166 e. The second-order valence-corrected chi connectivity index (χ2v) is 7.63. The first-order valence-corrected chi connectivity index (χ1v) is 9.97. The zero-order valence-corrected chi connectivity index (χ0v) is 15.2. The fraction of sp³-hybridized carbons (Fsp3) is 0.435. The van der Waals surface area contributed by atoms with Gasteiger partial charge in [0.15, 0.2) is 5.78 Å². The van der Waals surface area contributed by atoms with Crippen molar-refractivity contribution in [2.75, 3.05) is 0 Å². The molecular weight excluding hydrogens is 320 g/mol. The predicted molar refractivity (Wildman–Crippen MR) is 105 cm³/mol. The Balaban J connectivity index is 1.42. The van der Waals surface area contributed by atoms with Gasteiger partial charge in [0.05, 0.1) is 12.1 Å². The molecule has 4 rings (SSSR count). The van der Waals surface area contributed by atoms with E-state index in [1.54, 1.807) is 0 Å². The number of nitrogens with one attached hydrogen (secondary N) is 2. The highest BCUT2D eigenvalue weighted by Gasteiger charge is 2.34. The molecule has 0 radical (unpaired) electrons. The lowest BCUT2D eigenvalue weighted by Gasteiger charge is -2.36. The molecule has 26 heavy (non-hydrogen) atoms. The van der Waals surface area contributed by atoms with Crippen LogP contribution in [0.5, 0.6) is 0 Å². The van der Waals surface area contributed by atoms with Crippen LogP contribution < -0.4 is 10.6 Å². The normalized spacial score (nSPS) is 29.2. The fourth-order valence-electron chi connectivity index (χ4n) is 4.46. The Morgan fingerprint density at radius 1 is 0.654 bits per heavy atom. The Morgan fingerprint density at radius 2 is 1.08 bits per heavy atom. The molecular formula is C23H28N2O. The lowest BCUT2D eigenvalue weighted by Crippen LogP contribution is -2.52. The molecule has 0 saturated carbocycles. The Morgan fingerprint density at radius 3 is 1.50 bits per heavy atom. The van der Waals surface area contributed by atoms with Gasteiger partial charge in [0.25, 0.3) is 0 Å². The third kappa shape index (κ3) is 3.89. The molecule has 2 aliphatic rings. The van der Waals surface area contributed by atoms with E-state index in [-0.39, 0.29) is 12.1 Å². The zero-order chi connectivity index (χ0) is 17.8. The van der Waals surface area contributed by atoms with Crippen molar-refractivity contribution in [2.45, 2.75) is 62.7 Å². The van der Waals surface area contributed by atoms with E-state index in [0.29, 0.717) is 17.9 Å². The molecule has 0 amide bonds. The second-order valence-electron chi connectivity index (χ2n) is 7.63. The summed E-state index contributed by atoms with van der Waals surface area (Å²) in [7, 11) is 0. The smallest absolute Gasteiger partial charge is 0.166 e. The average molecular weight is 348 g/mol. The first-order chi connectivity index (χ1) is 12.8. The summed E-state index contributed by atoms with van der Waals surface area (Å²) in [5.74, 6) is 0.353. The summed E-state index contributed by atoms with van der Waals surface area (Å²) < 4.78 is 0. The molecule has 3 heteroatoms. The number of carbonyl (C=O) groups is 1. The standard InChI is InChI=1S/C23H28N2O/c26-23(21-15-7-13-19(24-21)17-9-3-1-4-10-17)22-16-8-14-20(25-22)18-11-5-2-6-12-18/h1-6,9-12,19-22,24-25H,7-8,13-16H2. The Labute approximate surface area is 156 Å². The molecule has 2 aliphatic heterocycles. The average Bonchev–Trinajstić information content (AvgIpc) is 2.75. The molecule has 0 spiro atoms. The largest absolute Gasteiger partial charge is 0.300 e. The molecule has 2 saturated heterocycles. The van der Waals surface area contributed by atoms with E-state index in [4.69, 9.17) is 0 Å². The van der Waals surface area contributed by atoms with Gasteiger partial charge in [0, 0.05) is 12.1 Å². The number of Topliss-reactive ketones (excluding diaryl/α,β-unsaturated/α-hetero) is 1. The Kier molecular flexibility index (Phi) is 5.47. The quantitative estimate of drug-likeness (QED) is 0.864. The third-order valence-electron chi connectivity index (χ3n) is 5.87. The number of rotatable bonds is 4. The van der Waals surface area contributed by atoms with Crippen LogP contribution in [0.1, 0.15) is 61.7 Å². The molecule has 2 fully saturated rings. The van der Waals surface area contributed by atoms with Crippen molar-refractivity contribution in [3.63, 3.8) is 0 Å². The van der Waals surface area contributed by atoms with Crippen LogP contribution in [-0.4, -0.2) is 17.9 Å². The number of piperidine rings is 2. The van der Waals surface area contributed by atoms with Gasteiger partial charge in [-0.3, -0.25) is 4.79 Å². The van der Waals surface area contributed by atoms with Crippen LogP contribution in [0.25, 0.3) is 0 Å². The molecule has 4 unspecified atom stereocenters. The highest BCUT2D eigenvalue weighted by molar-refractivity contribution is 5.89. The molecule has 2 aromatic carbocycles. The van der Waals surface area contributed by atoms with E-state index in [0.717, 1.165) is 38.5 Å².